The van der Waals surface area contributed by atoms with Crippen molar-refractivity contribution in [1.29, 1.82) is 0 Å². The van der Waals surface area contributed by atoms with E-state index in [0.29, 0.717) is 36.8 Å². The smallest absolute Gasteiger partial charge is 0.290 e. The van der Waals surface area contributed by atoms with Crippen molar-refractivity contribution in [2.24, 2.45) is 0 Å². The second-order valence-corrected chi connectivity index (χ2v) is 9.78. The van der Waals surface area contributed by atoms with Crippen LogP contribution < -0.4 is 19.6 Å². The van der Waals surface area contributed by atoms with Gasteiger partial charge in [-0.05, 0) is 66.4 Å². The first-order valence-corrected chi connectivity index (χ1v) is 13.5. The second kappa shape index (κ2) is 11.8. The van der Waals surface area contributed by atoms with Gasteiger partial charge in [0.15, 0.2) is 16.9 Å². The lowest BCUT2D eigenvalue weighted by Gasteiger charge is -2.25. The zero-order valence-electron chi connectivity index (χ0n) is 22.9. The monoisotopic (exact) mass is 545 g/mol. The lowest BCUT2D eigenvalue weighted by molar-refractivity contribution is 0.0729. The number of halogens is 1. The second-order valence-electron chi connectivity index (χ2n) is 9.78. The fourth-order valence-corrected chi connectivity index (χ4v) is 5.17. The van der Waals surface area contributed by atoms with E-state index < -0.39 is 23.2 Å². The zero-order chi connectivity index (χ0) is 28.2. The molecule has 0 saturated heterocycles. The Morgan fingerprint density at radius 1 is 0.950 bits per heavy atom. The summed E-state index contributed by atoms with van der Waals surface area (Å²) in [5.41, 5.74) is 1.61. The molecule has 0 aliphatic carbocycles. The number of methoxy groups -OCH3 is 2. The molecule has 7 nitrogen and oxygen atoms in total. The molecule has 0 N–H and O–H groups in total. The van der Waals surface area contributed by atoms with Gasteiger partial charge in [0.2, 0.25) is 5.76 Å². The van der Waals surface area contributed by atoms with Crippen molar-refractivity contribution in [3.8, 4) is 17.2 Å². The van der Waals surface area contributed by atoms with E-state index >= 15 is 0 Å². The van der Waals surface area contributed by atoms with E-state index in [1.54, 1.807) is 19.1 Å². The van der Waals surface area contributed by atoms with Crippen LogP contribution in [0.25, 0.3) is 11.0 Å². The van der Waals surface area contributed by atoms with Gasteiger partial charge >= 0.3 is 0 Å². The van der Waals surface area contributed by atoms with Crippen LogP contribution in [-0.4, -0.2) is 38.2 Å². The van der Waals surface area contributed by atoms with Gasteiger partial charge in [-0.25, -0.2) is 4.39 Å². The number of hydrogen-bond donors (Lipinski definition) is 0. The van der Waals surface area contributed by atoms with Crippen molar-refractivity contribution < 1.29 is 27.8 Å². The molecule has 4 aromatic rings. The van der Waals surface area contributed by atoms with Gasteiger partial charge < -0.3 is 23.5 Å². The Morgan fingerprint density at radius 2 is 1.77 bits per heavy atom. The SMILES string of the molecule is CCCCCOc1cccc(C2c3c(oc4ccc(F)cc4c3=O)C(=O)N2CCc2ccc(OC)c(OC)c2)c1. The molecule has 0 saturated carbocycles. The van der Waals surface area contributed by atoms with Gasteiger partial charge in [-0.1, -0.05) is 38.0 Å². The largest absolute Gasteiger partial charge is 0.494 e. The highest BCUT2D eigenvalue weighted by Crippen LogP contribution is 2.39. The first-order valence-electron chi connectivity index (χ1n) is 13.5. The average Bonchev–Trinajstić information content (AvgIpc) is 3.26. The van der Waals surface area contributed by atoms with Crippen LogP contribution >= 0.6 is 0 Å². The molecule has 0 fully saturated rings. The van der Waals surface area contributed by atoms with E-state index in [0.717, 1.165) is 36.5 Å². The molecule has 0 bridgehead atoms. The summed E-state index contributed by atoms with van der Waals surface area (Å²) >= 11 is 0. The lowest BCUT2D eigenvalue weighted by Crippen LogP contribution is -2.31. The standard InChI is InChI=1S/C32H32FNO6/c1-4-5-6-16-39-23-9-7-8-21(18-23)29-28-30(35)24-19-22(33)11-13-25(24)40-31(28)32(36)34(29)15-14-20-10-12-26(37-2)27(17-20)38-3/h7-13,17-19,29H,4-6,14-16H2,1-3H3. The van der Waals surface area contributed by atoms with Crippen molar-refractivity contribution in [1.82, 2.24) is 4.90 Å². The molecule has 1 unspecified atom stereocenters. The number of fused-ring (bicyclic) bond motifs is 2. The summed E-state index contributed by atoms with van der Waals surface area (Å²) < 4.78 is 36.8. The Morgan fingerprint density at radius 3 is 2.55 bits per heavy atom. The van der Waals surface area contributed by atoms with Gasteiger partial charge in [0.05, 0.1) is 37.8 Å². The van der Waals surface area contributed by atoms with E-state index in [2.05, 4.69) is 6.92 Å². The molecule has 3 aromatic carbocycles. The van der Waals surface area contributed by atoms with Gasteiger partial charge in [-0.2, -0.15) is 0 Å². The van der Waals surface area contributed by atoms with Crippen LogP contribution in [0, 0.1) is 5.82 Å². The molecule has 8 heteroatoms. The van der Waals surface area contributed by atoms with E-state index in [1.807, 2.05) is 42.5 Å². The number of amides is 1. The molecule has 1 aliphatic rings. The predicted molar refractivity (Wildman–Crippen MR) is 150 cm³/mol. The van der Waals surface area contributed by atoms with Crippen LogP contribution in [0.2, 0.25) is 0 Å². The fourth-order valence-electron chi connectivity index (χ4n) is 5.17. The molecule has 1 atom stereocenters. The van der Waals surface area contributed by atoms with E-state index in [9.17, 15) is 14.0 Å². The van der Waals surface area contributed by atoms with Crippen LogP contribution in [0.4, 0.5) is 4.39 Å². The summed E-state index contributed by atoms with van der Waals surface area (Å²) in [7, 11) is 3.14. The zero-order valence-corrected chi connectivity index (χ0v) is 22.9. The summed E-state index contributed by atoms with van der Waals surface area (Å²) in [4.78, 5) is 29.1. The summed E-state index contributed by atoms with van der Waals surface area (Å²) in [6, 6.07) is 16.1. The van der Waals surface area contributed by atoms with Crippen LogP contribution in [0.1, 0.15) is 59.5 Å². The van der Waals surface area contributed by atoms with Crippen LogP contribution in [-0.2, 0) is 6.42 Å². The lowest BCUT2D eigenvalue weighted by atomic mass is 9.98. The maximum absolute atomic E-state index is 14.1. The third-order valence-electron chi connectivity index (χ3n) is 7.21. The molecule has 40 heavy (non-hydrogen) atoms. The van der Waals surface area contributed by atoms with E-state index in [4.69, 9.17) is 18.6 Å². The van der Waals surface area contributed by atoms with Crippen molar-refractivity contribution >= 4 is 16.9 Å². The van der Waals surface area contributed by atoms with Gasteiger partial charge in [-0.3, -0.25) is 9.59 Å². The Kier molecular flexibility index (Phi) is 8.05. The van der Waals surface area contributed by atoms with Gasteiger partial charge in [0.25, 0.3) is 5.91 Å². The molecule has 0 spiro atoms. The minimum Gasteiger partial charge on any atom is -0.494 e. The summed E-state index contributed by atoms with van der Waals surface area (Å²) in [6.07, 6.45) is 3.58. The fraction of sp³-hybridized carbons (Fsp3) is 0.312. The number of rotatable bonds is 11. The number of carbonyl (C=O) groups is 1. The van der Waals surface area contributed by atoms with Crippen LogP contribution in [0.3, 0.4) is 0 Å². The maximum atomic E-state index is 14.1. The maximum Gasteiger partial charge on any atom is 0.290 e. The Labute approximate surface area is 232 Å². The highest BCUT2D eigenvalue weighted by molar-refractivity contribution is 5.99. The van der Waals surface area contributed by atoms with E-state index in [-0.39, 0.29) is 22.3 Å². The molecule has 2 heterocycles. The molecular formula is C32H32FNO6. The topological polar surface area (TPSA) is 78.2 Å². The third-order valence-corrected chi connectivity index (χ3v) is 7.21. The molecular weight excluding hydrogens is 513 g/mol. The highest BCUT2D eigenvalue weighted by Gasteiger charge is 2.42. The number of nitrogens with zero attached hydrogens (tertiary/aromatic N) is 1. The Bertz CT molecular complexity index is 1600. The van der Waals surface area contributed by atoms with Crippen molar-refractivity contribution in [3.05, 3.63) is 99.2 Å². The minimum absolute atomic E-state index is 0.0179. The van der Waals surface area contributed by atoms with Gasteiger partial charge in [0, 0.05) is 6.54 Å². The Hall–Kier alpha value is -4.33. The van der Waals surface area contributed by atoms with Crippen molar-refractivity contribution in [3.63, 3.8) is 0 Å². The highest BCUT2D eigenvalue weighted by atomic mass is 19.1. The first kappa shape index (κ1) is 27.2. The summed E-state index contributed by atoms with van der Waals surface area (Å²) in [6.45, 7) is 3.01. The number of benzene rings is 3. The number of unbranched alkanes of at least 4 members (excludes halogenated alkanes) is 2. The number of hydrogen-bond acceptors (Lipinski definition) is 6. The molecule has 1 aliphatic heterocycles. The van der Waals surface area contributed by atoms with Crippen LogP contribution in [0.15, 0.2) is 69.9 Å². The quantitative estimate of drug-likeness (QED) is 0.206. The minimum atomic E-state index is -0.717. The summed E-state index contributed by atoms with van der Waals surface area (Å²) in [5, 5.41) is 0.102. The first-order chi connectivity index (χ1) is 19.4. The van der Waals surface area contributed by atoms with Crippen molar-refractivity contribution in [2.45, 2.75) is 38.6 Å². The molecule has 1 amide bonds. The molecule has 208 valence electrons. The molecule has 0 radical (unpaired) electrons. The normalized spacial score (nSPS) is 14.4. The van der Waals surface area contributed by atoms with Crippen LogP contribution in [0.5, 0.6) is 17.2 Å². The van der Waals surface area contributed by atoms with Gasteiger partial charge in [-0.15, -0.1) is 0 Å². The molecule has 1 aromatic heterocycles. The third kappa shape index (κ3) is 5.26. The number of ether oxygens (including phenoxy) is 3. The van der Waals surface area contributed by atoms with Crippen molar-refractivity contribution in [2.75, 3.05) is 27.4 Å². The Balaban J connectivity index is 1.54. The average molecular weight is 546 g/mol. The summed E-state index contributed by atoms with van der Waals surface area (Å²) in [5.74, 6) is 0.900. The predicted octanol–water partition coefficient (Wildman–Crippen LogP) is 6.31. The van der Waals surface area contributed by atoms with Gasteiger partial charge in [0.1, 0.15) is 17.1 Å². The molecule has 5 rings (SSSR count). The number of carbonyl (C=O) groups excluding carboxylic acids is 1. The van der Waals surface area contributed by atoms with E-state index in [1.165, 1.54) is 12.1 Å².